The first-order valence-electron chi connectivity index (χ1n) is 8.30. The van der Waals surface area contributed by atoms with Crippen molar-refractivity contribution in [1.82, 2.24) is 10.3 Å². The van der Waals surface area contributed by atoms with Gasteiger partial charge in [0.1, 0.15) is 24.6 Å². The second kappa shape index (κ2) is 6.19. The van der Waals surface area contributed by atoms with E-state index >= 15 is 0 Å². The Kier molecular flexibility index (Phi) is 3.86. The molecule has 1 aromatic carbocycles. The number of ether oxygens (including phenoxy) is 1. The molecular weight excluding hydrogens is 316 g/mol. The number of nitriles is 1. The van der Waals surface area contributed by atoms with Gasteiger partial charge in [-0.05, 0) is 24.1 Å². The van der Waals surface area contributed by atoms with Crippen LogP contribution in [0.1, 0.15) is 17.5 Å². The van der Waals surface area contributed by atoms with Gasteiger partial charge in [-0.3, -0.25) is 4.79 Å². The number of hydrogen-bond donors (Lipinski definition) is 1. The highest BCUT2D eigenvalue weighted by atomic mass is 16.5. The largest absolute Gasteiger partial charge is 0.364 e. The molecule has 0 aliphatic carbocycles. The van der Waals surface area contributed by atoms with Crippen LogP contribution in [-0.2, 0) is 15.1 Å². The third kappa shape index (κ3) is 2.73. The predicted molar refractivity (Wildman–Crippen MR) is 91.8 cm³/mol. The van der Waals surface area contributed by atoms with Gasteiger partial charge in [-0.2, -0.15) is 5.26 Å². The highest BCUT2D eigenvalue weighted by molar-refractivity contribution is 5.79. The minimum atomic E-state index is -0.500. The number of benzene rings is 1. The van der Waals surface area contributed by atoms with Crippen LogP contribution in [0.4, 0.5) is 5.82 Å². The number of morpholine rings is 1. The lowest BCUT2D eigenvalue weighted by Crippen LogP contribution is -2.66. The highest BCUT2D eigenvalue weighted by Crippen LogP contribution is 2.37. The number of rotatable bonds is 2. The van der Waals surface area contributed by atoms with Gasteiger partial charge in [-0.15, -0.1) is 0 Å². The fraction of sp³-hybridized carbons (Fsp3) is 0.316. The minimum absolute atomic E-state index is 0.0773. The molecule has 0 unspecified atom stereocenters. The van der Waals surface area contributed by atoms with Gasteiger partial charge in [0.05, 0.1) is 11.1 Å². The van der Waals surface area contributed by atoms with Gasteiger partial charge in [-0.1, -0.05) is 30.3 Å². The third-order valence-electron chi connectivity index (χ3n) is 4.98. The second-order valence-corrected chi connectivity index (χ2v) is 6.40. The normalized spacial score (nSPS) is 25.6. The van der Waals surface area contributed by atoms with E-state index in [0.29, 0.717) is 12.1 Å². The maximum Gasteiger partial charge on any atom is 0.246 e. The van der Waals surface area contributed by atoms with Crippen LogP contribution in [0.25, 0.3) is 0 Å². The van der Waals surface area contributed by atoms with Crippen LogP contribution in [-0.4, -0.2) is 36.7 Å². The summed E-state index contributed by atoms with van der Waals surface area (Å²) in [5.74, 6) is 0.742. The number of fused-ring (bicyclic) bond motifs is 1. The van der Waals surface area contributed by atoms with Crippen LogP contribution in [0.3, 0.4) is 0 Å². The number of nitrogens with one attached hydrogen (secondary N) is 1. The summed E-state index contributed by atoms with van der Waals surface area (Å²) in [5.41, 5.74) is 1.11. The number of nitrogens with zero attached hydrogens (tertiary/aromatic N) is 3. The zero-order valence-corrected chi connectivity index (χ0v) is 13.7. The Hall–Kier alpha value is -2.91. The molecule has 25 heavy (non-hydrogen) atoms. The molecule has 6 nitrogen and oxygen atoms in total. The maximum absolute atomic E-state index is 12.0. The fourth-order valence-corrected chi connectivity index (χ4v) is 3.70. The van der Waals surface area contributed by atoms with Gasteiger partial charge in [-0.25, -0.2) is 4.98 Å². The number of carbonyl (C=O) groups is 1. The van der Waals surface area contributed by atoms with E-state index in [0.717, 1.165) is 24.3 Å². The Morgan fingerprint density at radius 1 is 1.28 bits per heavy atom. The van der Waals surface area contributed by atoms with E-state index in [1.807, 2.05) is 36.4 Å². The first-order valence-corrected chi connectivity index (χ1v) is 8.30. The van der Waals surface area contributed by atoms with Crippen molar-refractivity contribution in [2.24, 2.45) is 0 Å². The molecule has 2 aliphatic heterocycles. The molecule has 6 heteroatoms. The van der Waals surface area contributed by atoms with Crippen LogP contribution in [0, 0.1) is 11.3 Å². The van der Waals surface area contributed by atoms with Crippen LogP contribution in [0.15, 0.2) is 48.7 Å². The van der Waals surface area contributed by atoms with Crippen LogP contribution >= 0.6 is 0 Å². The van der Waals surface area contributed by atoms with E-state index in [9.17, 15) is 4.79 Å². The Morgan fingerprint density at radius 2 is 2.12 bits per heavy atom. The quantitative estimate of drug-likeness (QED) is 0.902. The summed E-state index contributed by atoms with van der Waals surface area (Å²) < 4.78 is 5.91. The van der Waals surface area contributed by atoms with Crippen molar-refractivity contribution in [1.29, 1.82) is 5.26 Å². The number of piperidine rings is 1. The Morgan fingerprint density at radius 3 is 2.84 bits per heavy atom. The Labute approximate surface area is 146 Å². The summed E-state index contributed by atoms with van der Waals surface area (Å²) >= 11 is 0. The van der Waals surface area contributed by atoms with Crippen molar-refractivity contribution >= 4 is 11.7 Å². The zero-order chi connectivity index (χ0) is 17.3. The molecule has 2 atom stereocenters. The maximum atomic E-state index is 12.0. The monoisotopic (exact) mass is 334 g/mol. The summed E-state index contributed by atoms with van der Waals surface area (Å²) in [6.07, 6.45) is 2.16. The van der Waals surface area contributed by atoms with E-state index < -0.39 is 5.54 Å². The topological polar surface area (TPSA) is 78.2 Å². The van der Waals surface area contributed by atoms with Crippen molar-refractivity contribution in [2.45, 2.75) is 18.1 Å². The molecule has 1 amide bonds. The average Bonchev–Trinajstić information content (AvgIpc) is 2.68. The summed E-state index contributed by atoms with van der Waals surface area (Å²) in [6, 6.07) is 15.7. The lowest BCUT2D eigenvalue weighted by atomic mass is 9.77. The summed E-state index contributed by atoms with van der Waals surface area (Å²) in [4.78, 5) is 18.6. The van der Waals surface area contributed by atoms with Crippen LogP contribution in [0.2, 0.25) is 0 Å². The lowest BCUT2D eigenvalue weighted by molar-refractivity contribution is -0.146. The molecule has 2 aliphatic rings. The van der Waals surface area contributed by atoms with Gasteiger partial charge in [0.2, 0.25) is 5.91 Å². The standard InChI is InChI=1S/C19H18N4O2/c20-10-14-6-7-17(21-11-14)23-9-8-19(15-4-2-1-3-5-15)16(12-23)25-13-18(24)22-19/h1-7,11,16H,8-9,12-13H2,(H,22,24)/t16-,19+/m1/s1. The minimum Gasteiger partial charge on any atom is -0.364 e. The molecule has 2 saturated heterocycles. The first-order chi connectivity index (χ1) is 12.2. The summed E-state index contributed by atoms with van der Waals surface area (Å²) in [7, 11) is 0. The van der Waals surface area contributed by atoms with Gasteiger partial charge < -0.3 is 15.0 Å². The fourth-order valence-electron chi connectivity index (χ4n) is 3.70. The third-order valence-corrected chi connectivity index (χ3v) is 4.98. The van der Waals surface area contributed by atoms with Gasteiger partial charge in [0.25, 0.3) is 0 Å². The lowest BCUT2D eigenvalue weighted by Gasteiger charge is -2.50. The smallest absolute Gasteiger partial charge is 0.246 e. The van der Waals surface area contributed by atoms with E-state index in [4.69, 9.17) is 10.00 Å². The van der Waals surface area contributed by atoms with Gasteiger partial charge in [0, 0.05) is 19.3 Å². The molecule has 1 aromatic heterocycles. The summed E-state index contributed by atoms with van der Waals surface area (Å²) in [6.45, 7) is 1.45. The molecule has 2 fully saturated rings. The molecule has 3 heterocycles. The molecule has 0 spiro atoms. The number of hydrogen-bond acceptors (Lipinski definition) is 5. The number of amides is 1. The van der Waals surface area contributed by atoms with E-state index in [1.165, 1.54) is 0 Å². The van der Waals surface area contributed by atoms with Crippen molar-refractivity contribution in [3.8, 4) is 6.07 Å². The Bertz CT molecular complexity index is 816. The Balaban J connectivity index is 1.63. The number of carbonyl (C=O) groups excluding carboxylic acids is 1. The summed E-state index contributed by atoms with van der Waals surface area (Å²) in [5, 5.41) is 12.1. The van der Waals surface area contributed by atoms with Crippen molar-refractivity contribution < 1.29 is 9.53 Å². The van der Waals surface area contributed by atoms with Crippen LogP contribution < -0.4 is 10.2 Å². The molecule has 126 valence electrons. The average molecular weight is 334 g/mol. The van der Waals surface area contributed by atoms with E-state index in [2.05, 4.69) is 21.3 Å². The SMILES string of the molecule is N#Cc1ccc(N2CC[C@@]3(c4ccccc4)NC(=O)CO[C@@H]3C2)nc1. The molecule has 2 aromatic rings. The molecule has 0 bridgehead atoms. The highest BCUT2D eigenvalue weighted by Gasteiger charge is 2.49. The zero-order valence-electron chi connectivity index (χ0n) is 13.7. The van der Waals surface area contributed by atoms with Crippen molar-refractivity contribution in [3.05, 3.63) is 59.8 Å². The van der Waals surface area contributed by atoms with Crippen LogP contribution in [0.5, 0.6) is 0 Å². The number of anilines is 1. The molecular formula is C19H18N4O2. The molecule has 0 saturated carbocycles. The molecule has 0 radical (unpaired) electrons. The van der Waals surface area contributed by atoms with E-state index in [-0.39, 0.29) is 18.6 Å². The van der Waals surface area contributed by atoms with Gasteiger partial charge >= 0.3 is 0 Å². The second-order valence-electron chi connectivity index (χ2n) is 6.40. The predicted octanol–water partition coefficient (Wildman–Crippen LogP) is 1.57. The van der Waals surface area contributed by atoms with Gasteiger partial charge in [0.15, 0.2) is 0 Å². The first kappa shape index (κ1) is 15.6. The number of aromatic nitrogens is 1. The van der Waals surface area contributed by atoms with E-state index in [1.54, 1.807) is 12.3 Å². The van der Waals surface area contributed by atoms with Crippen molar-refractivity contribution in [3.63, 3.8) is 0 Å². The molecule has 4 rings (SSSR count). The van der Waals surface area contributed by atoms with Crippen molar-refractivity contribution in [2.75, 3.05) is 24.6 Å². The number of pyridine rings is 1. The molecule has 1 N–H and O–H groups in total.